The molecular weight excluding hydrogens is 353 g/mol. The lowest BCUT2D eigenvalue weighted by Gasteiger charge is -2.21. The Morgan fingerprint density at radius 2 is 1.74 bits per heavy atom. The van der Waals surface area contributed by atoms with Crippen molar-refractivity contribution in [2.75, 3.05) is 20.6 Å². The molecule has 0 aromatic heterocycles. The molecule has 0 N–H and O–H groups in total. The molecule has 5 heteroatoms. The van der Waals surface area contributed by atoms with Gasteiger partial charge < -0.3 is 4.90 Å². The number of ketones is 1. The van der Waals surface area contributed by atoms with Crippen LogP contribution in [-0.4, -0.2) is 31.3 Å². The molecule has 2 rings (SSSR count). The molecule has 0 amide bonds. The molecule has 0 aliphatic carbocycles. The molecule has 0 heterocycles. The van der Waals surface area contributed by atoms with Crippen molar-refractivity contribution in [2.24, 2.45) is 5.92 Å². The Labute approximate surface area is 153 Å². The number of carbonyl (C=O) groups is 1. The van der Waals surface area contributed by atoms with Crippen molar-refractivity contribution in [1.29, 1.82) is 0 Å². The van der Waals surface area contributed by atoms with E-state index >= 15 is 0 Å². The molecule has 0 saturated heterocycles. The van der Waals surface area contributed by atoms with Crippen LogP contribution in [0.4, 0.5) is 0 Å². The van der Waals surface area contributed by atoms with Crippen molar-refractivity contribution >= 4 is 41.4 Å². The summed E-state index contributed by atoms with van der Waals surface area (Å²) in [4.78, 5) is 14.9. The second-order valence-electron chi connectivity index (χ2n) is 5.64. The lowest BCUT2D eigenvalue weighted by Crippen LogP contribution is -2.30. The Morgan fingerprint density at radius 1 is 1.09 bits per heavy atom. The number of halogens is 3. The molecule has 0 aliphatic rings. The van der Waals surface area contributed by atoms with Crippen molar-refractivity contribution < 1.29 is 4.79 Å². The van der Waals surface area contributed by atoms with Crippen molar-refractivity contribution in [1.82, 2.24) is 4.90 Å². The zero-order valence-corrected chi connectivity index (χ0v) is 15.5. The SMILES string of the molecule is CN(C)CC(Cc1ccccc1)C(=O)c1cc(Cl)ccc1Cl.Cl. The maximum absolute atomic E-state index is 12.9. The van der Waals surface area contributed by atoms with Gasteiger partial charge in [0.15, 0.2) is 5.78 Å². The van der Waals surface area contributed by atoms with Gasteiger partial charge in [0.1, 0.15) is 0 Å². The van der Waals surface area contributed by atoms with Crippen LogP contribution in [0.5, 0.6) is 0 Å². The topological polar surface area (TPSA) is 20.3 Å². The van der Waals surface area contributed by atoms with Gasteiger partial charge in [-0.2, -0.15) is 0 Å². The third-order valence-electron chi connectivity index (χ3n) is 3.48. The summed E-state index contributed by atoms with van der Waals surface area (Å²) in [5.41, 5.74) is 1.64. The van der Waals surface area contributed by atoms with E-state index < -0.39 is 0 Å². The molecule has 2 nitrogen and oxygen atoms in total. The van der Waals surface area contributed by atoms with Crippen molar-refractivity contribution in [3.05, 3.63) is 69.7 Å². The minimum Gasteiger partial charge on any atom is -0.309 e. The lowest BCUT2D eigenvalue weighted by atomic mass is 9.91. The summed E-state index contributed by atoms with van der Waals surface area (Å²) in [6.45, 7) is 0.663. The lowest BCUT2D eigenvalue weighted by molar-refractivity contribution is 0.0897. The molecule has 1 unspecified atom stereocenters. The van der Waals surface area contributed by atoms with E-state index in [9.17, 15) is 4.79 Å². The highest BCUT2D eigenvalue weighted by Gasteiger charge is 2.23. The summed E-state index contributed by atoms with van der Waals surface area (Å²) in [5.74, 6) is -0.126. The highest BCUT2D eigenvalue weighted by atomic mass is 35.5. The fourth-order valence-electron chi connectivity index (χ4n) is 2.49. The van der Waals surface area contributed by atoms with Gasteiger partial charge in [-0.15, -0.1) is 12.4 Å². The third-order valence-corrected chi connectivity index (χ3v) is 4.04. The average Bonchev–Trinajstić information content (AvgIpc) is 2.49. The Hall–Kier alpha value is -1.06. The molecule has 0 saturated carbocycles. The fraction of sp³-hybridized carbons (Fsp3) is 0.278. The second kappa shape index (κ2) is 9.29. The molecule has 2 aromatic carbocycles. The van der Waals surface area contributed by atoms with Gasteiger partial charge in [-0.1, -0.05) is 53.5 Å². The van der Waals surface area contributed by atoms with Crippen LogP contribution in [0.2, 0.25) is 10.0 Å². The molecule has 0 bridgehead atoms. The predicted octanol–water partition coefficient (Wildman–Crippen LogP) is 5.02. The second-order valence-corrected chi connectivity index (χ2v) is 6.48. The van der Waals surface area contributed by atoms with Crippen LogP contribution in [0, 0.1) is 5.92 Å². The van der Waals surface area contributed by atoms with Crippen LogP contribution in [0.15, 0.2) is 48.5 Å². The summed E-state index contributed by atoms with van der Waals surface area (Å²) in [6, 6.07) is 15.0. The van der Waals surface area contributed by atoms with Crippen LogP contribution >= 0.6 is 35.6 Å². The van der Waals surface area contributed by atoms with Crippen LogP contribution in [-0.2, 0) is 6.42 Å². The Kier molecular flexibility index (Phi) is 8.07. The maximum Gasteiger partial charge on any atom is 0.169 e. The zero-order valence-electron chi connectivity index (χ0n) is 13.1. The van der Waals surface area contributed by atoms with Gasteiger partial charge in [-0.05, 0) is 44.3 Å². The molecule has 124 valence electrons. The summed E-state index contributed by atoms with van der Waals surface area (Å²) < 4.78 is 0. The van der Waals surface area contributed by atoms with E-state index in [2.05, 4.69) is 0 Å². The fourth-order valence-corrected chi connectivity index (χ4v) is 2.87. The van der Waals surface area contributed by atoms with Gasteiger partial charge in [0.25, 0.3) is 0 Å². The van der Waals surface area contributed by atoms with Gasteiger partial charge in [0.05, 0.1) is 5.02 Å². The molecular formula is C18H20Cl3NO. The van der Waals surface area contributed by atoms with E-state index in [0.29, 0.717) is 28.6 Å². The molecule has 0 aliphatic heterocycles. The minimum absolute atomic E-state index is 0. The standard InChI is InChI=1S/C18H19Cl2NO.ClH/c1-21(2)12-14(10-13-6-4-3-5-7-13)18(22)16-11-15(19)8-9-17(16)20;/h3-9,11,14H,10,12H2,1-2H3;1H. The van der Waals surface area contributed by atoms with Gasteiger partial charge >= 0.3 is 0 Å². The highest BCUT2D eigenvalue weighted by Crippen LogP contribution is 2.25. The molecule has 0 fully saturated rings. The van der Waals surface area contributed by atoms with Crippen molar-refractivity contribution in [3.63, 3.8) is 0 Å². The van der Waals surface area contributed by atoms with Gasteiger partial charge in [-0.25, -0.2) is 0 Å². The number of nitrogens with zero attached hydrogens (tertiary/aromatic N) is 1. The zero-order chi connectivity index (χ0) is 16.1. The molecule has 0 spiro atoms. The van der Waals surface area contributed by atoms with Crippen LogP contribution in [0.3, 0.4) is 0 Å². The first kappa shape index (κ1) is 20.0. The van der Waals surface area contributed by atoms with E-state index in [-0.39, 0.29) is 24.1 Å². The van der Waals surface area contributed by atoms with E-state index in [1.807, 2.05) is 49.3 Å². The van der Waals surface area contributed by atoms with Crippen molar-refractivity contribution in [2.45, 2.75) is 6.42 Å². The number of carbonyl (C=O) groups excluding carboxylic acids is 1. The van der Waals surface area contributed by atoms with E-state index in [4.69, 9.17) is 23.2 Å². The first-order valence-electron chi connectivity index (χ1n) is 7.15. The summed E-state index contributed by atoms with van der Waals surface area (Å²) in [5, 5.41) is 0.974. The molecule has 1 atom stereocenters. The normalized spacial score (nSPS) is 11.9. The van der Waals surface area contributed by atoms with Crippen LogP contribution in [0.25, 0.3) is 0 Å². The number of benzene rings is 2. The Morgan fingerprint density at radius 3 is 2.35 bits per heavy atom. The smallest absolute Gasteiger partial charge is 0.169 e. The van der Waals surface area contributed by atoms with E-state index in [1.54, 1.807) is 18.2 Å². The summed E-state index contributed by atoms with van der Waals surface area (Å²) in [6.07, 6.45) is 0.681. The molecule has 2 aromatic rings. The molecule has 0 radical (unpaired) electrons. The number of Topliss-reactive ketones (excluding diaryl/α,β-unsaturated/α-hetero) is 1. The third kappa shape index (κ3) is 5.82. The Bertz CT molecular complexity index is 644. The molecule has 23 heavy (non-hydrogen) atoms. The highest BCUT2D eigenvalue weighted by molar-refractivity contribution is 6.36. The van der Waals surface area contributed by atoms with Gasteiger partial charge in [-0.3, -0.25) is 4.79 Å². The van der Waals surface area contributed by atoms with Crippen LogP contribution < -0.4 is 0 Å². The minimum atomic E-state index is -0.159. The van der Waals surface area contributed by atoms with Crippen LogP contribution in [0.1, 0.15) is 15.9 Å². The van der Waals surface area contributed by atoms with E-state index in [0.717, 1.165) is 5.56 Å². The van der Waals surface area contributed by atoms with Crippen molar-refractivity contribution in [3.8, 4) is 0 Å². The number of hydrogen-bond donors (Lipinski definition) is 0. The monoisotopic (exact) mass is 371 g/mol. The predicted molar refractivity (Wildman–Crippen MR) is 100 cm³/mol. The maximum atomic E-state index is 12.9. The van der Waals surface area contributed by atoms with Gasteiger partial charge in [0.2, 0.25) is 0 Å². The average molecular weight is 373 g/mol. The first-order chi connectivity index (χ1) is 10.5. The number of rotatable bonds is 6. The summed E-state index contributed by atoms with van der Waals surface area (Å²) in [7, 11) is 3.93. The largest absolute Gasteiger partial charge is 0.309 e. The Balaban J connectivity index is 0.00000264. The van der Waals surface area contributed by atoms with E-state index in [1.165, 1.54) is 0 Å². The van der Waals surface area contributed by atoms with Gasteiger partial charge in [0, 0.05) is 23.0 Å². The summed E-state index contributed by atoms with van der Waals surface area (Å²) >= 11 is 12.2. The first-order valence-corrected chi connectivity index (χ1v) is 7.91. The quantitative estimate of drug-likeness (QED) is 0.664. The number of hydrogen-bond acceptors (Lipinski definition) is 2.